The van der Waals surface area contributed by atoms with Crippen LogP contribution < -0.4 is 10.2 Å². The van der Waals surface area contributed by atoms with E-state index in [2.05, 4.69) is 5.32 Å². The predicted octanol–water partition coefficient (Wildman–Crippen LogP) is 6.01. The van der Waals surface area contributed by atoms with Crippen molar-refractivity contribution >= 4 is 45.9 Å². The molecule has 7 rings (SSSR count). The number of amides is 3. The van der Waals surface area contributed by atoms with Gasteiger partial charge in [-0.25, -0.2) is 4.90 Å². The number of nitrogens with zero attached hydrogens (tertiary/aromatic N) is 2. The van der Waals surface area contributed by atoms with Gasteiger partial charge in [0.05, 0.1) is 29.1 Å². The molecule has 0 radical (unpaired) electrons. The molecule has 0 unspecified atom stereocenters. The van der Waals surface area contributed by atoms with Gasteiger partial charge in [0.2, 0.25) is 17.7 Å². The number of rotatable bonds is 3. The normalized spacial score (nSPS) is 23.0. The maximum absolute atomic E-state index is 14.1. The van der Waals surface area contributed by atoms with Crippen LogP contribution in [0.3, 0.4) is 0 Å². The van der Waals surface area contributed by atoms with E-state index < -0.39 is 53.4 Å². The Kier molecular flexibility index (Phi) is 5.54. The molecule has 0 spiro atoms. The zero-order valence-corrected chi connectivity index (χ0v) is 21.4. The number of hydrogen-bond donors (Lipinski definition) is 1. The smallest absolute Gasteiger partial charge is 0.357 e. The molecule has 41 heavy (non-hydrogen) atoms. The lowest BCUT2D eigenvalue weighted by molar-refractivity contribution is -0.137. The maximum atomic E-state index is 14.1. The van der Waals surface area contributed by atoms with Gasteiger partial charge in [0.25, 0.3) is 0 Å². The van der Waals surface area contributed by atoms with Gasteiger partial charge in [-0.15, -0.1) is 0 Å². The zero-order valence-electron chi connectivity index (χ0n) is 21.4. The molecule has 3 aliphatic heterocycles. The van der Waals surface area contributed by atoms with E-state index in [0.29, 0.717) is 5.69 Å². The number of hydrogen-bond acceptors (Lipinski definition) is 4. The quantitative estimate of drug-likeness (QED) is 0.316. The molecule has 0 bridgehead atoms. The first-order valence-corrected chi connectivity index (χ1v) is 13.1. The Bertz CT molecular complexity index is 1780. The van der Waals surface area contributed by atoms with Crippen LogP contribution in [0.1, 0.15) is 22.7 Å². The molecule has 3 amide bonds. The third-order valence-corrected chi connectivity index (χ3v) is 8.18. The van der Waals surface area contributed by atoms with Crippen molar-refractivity contribution in [3.05, 3.63) is 114 Å². The van der Waals surface area contributed by atoms with Gasteiger partial charge in [0, 0.05) is 11.9 Å². The monoisotopic (exact) mass is 553 g/mol. The minimum atomic E-state index is -4.59. The second kappa shape index (κ2) is 9.05. The standard InChI is InChI=1S/C32H22F3N3O3/c33-32(34,35)21-9-5-10-22(17-21)36-29(39)28-26-25(27-24-11-4-3-7-19(24)14-15-37(27)28)30(40)38(31(26)41)23-13-12-18-6-1-2-8-20(18)16-23/h1-17,25-28H,(H,36,39)/t25-,26+,27+,28-/m0/s1. The second-order valence-electron chi connectivity index (χ2n) is 10.4. The number of carbonyl (C=O) groups is 3. The van der Waals surface area contributed by atoms with E-state index in [1.54, 1.807) is 23.2 Å². The third kappa shape index (κ3) is 3.91. The molecule has 6 nitrogen and oxygen atoms in total. The van der Waals surface area contributed by atoms with Crippen molar-refractivity contribution in [2.75, 3.05) is 10.2 Å². The predicted molar refractivity (Wildman–Crippen MR) is 147 cm³/mol. The summed E-state index contributed by atoms with van der Waals surface area (Å²) in [5.41, 5.74) is 1.14. The van der Waals surface area contributed by atoms with Gasteiger partial charge >= 0.3 is 6.18 Å². The molecule has 1 N–H and O–H groups in total. The Morgan fingerprint density at radius 3 is 2.32 bits per heavy atom. The summed E-state index contributed by atoms with van der Waals surface area (Å²) < 4.78 is 40.0. The molecule has 2 saturated heterocycles. The Hall–Kier alpha value is -4.92. The van der Waals surface area contributed by atoms with Crippen molar-refractivity contribution in [2.24, 2.45) is 11.8 Å². The van der Waals surface area contributed by atoms with E-state index >= 15 is 0 Å². The highest BCUT2D eigenvalue weighted by molar-refractivity contribution is 6.24. The Morgan fingerprint density at radius 2 is 1.51 bits per heavy atom. The van der Waals surface area contributed by atoms with E-state index in [0.717, 1.165) is 38.9 Å². The number of halogens is 3. The molecule has 9 heteroatoms. The van der Waals surface area contributed by atoms with Crippen LogP contribution in [0.5, 0.6) is 0 Å². The first kappa shape index (κ1) is 25.1. The van der Waals surface area contributed by atoms with Crippen molar-refractivity contribution < 1.29 is 27.6 Å². The van der Waals surface area contributed by atoms with Gasteiger partial charge in [-0.1, -0.05) is 60.7 Å². The molecule has 4 aromatic carbocycles. The summed E-state index contributed by atoms with van der Waals surface area (Å²) in [6, 6.07) is 23.0. The molecule has 2 fully saturated rings. The number of alkyl halides is 3. The van der Waals surface area contributed by atoms with Crippen molar-refractivity contribution in [3.8, 4) is 0 Å². The molecule has 0 saturated carbocycles. The van der Waals surface area contributed by atoms with Crippen molar-refractivity contribution in [1.29, 1.82) is 0 Å². The molecule has 3 aliphatic rings. The number of nitrogens with one attached hydrogen (secondary N) is 1. The largest absolute Gasteiger partial charge is 0.416 e. The Labute approximate surface area is 232 Å². The number of benzene rings is 4. The Balaban J connectivity index is 1.30. The summed E-state index contributed by atoms with van der Waals surface area (Å²) in [5, 5.41) is 4.39. The van der Waals surface area contributed by atoms with E-state index in [1.165, 1.54) is 12.1 Å². The summed E-state index contributed by atoms with van der Waals surface area (Å²) in [7, 11) is 0. The lowest BCUT2D eigenvalue weighted by Crippen LogP contribution is -2.46. The molecule has 4 aromatic rings. The number of imide groups is 1. The highest BCUT2D eigenvalue weighted by Gasteiger charge is 2.64. The molecule has 0 aromatic heterocycles. The number of carbonyl (C=O) groups excluding carboxylic acids is 3. The summed E-state index contributed by atoms with van der Waals surface area (Å²) in [4.78, 5) is 44.8. The van der Waals surface area contributed by atoms with E-state index in [1.807, 2.05) is 60.7 Å². The minimum absolute atomic E-state index is 0.0469. The second-order valence-corrected chi connectivity index (χ2v) is 10.4. The Morgan fingerprint density at radius 1 is 0.780 bits per heavy atom. The first-order chi connectivity index (χ1) is 19.7. The fourth-order valence-electron chi connectivity index (χ4n) is 6.42. The topological polar surface area (TPSA) is 69.7 Å². The van der Waals surface area contributed by atoms with Gasteiger partial charge in [-0.05, 0) is 58.3 Å². The van der Waals surface area contributed by atoms with Crippen molar-refractivity contribution in [1.82, 2.24) is 4.90 Å². The molecular formula is C32H22F3N3O3. The lowest BCUT2D eigenvalue weighted by atomic mass is 9.84. The molecule has 4 atom stereocenters. The number of fused-ring (bicyclic) bond motifs is 6. The third-order valence-electron chi connectivity index (χ3n) is 8.18. The highest BCUT2D eigenvalue weighted by atomic mass is 19.4. The van der Waals surface area contributed by atoms with Crippen LogP contribution in [-0.2, 0) is 20.6 Å². The lowest BCUT2D eigenvalue weighted by Gasteiger charge is -2.35. The summed E-state index contributed by atoms with van der Waals surface area (Å²) >= 11 is 0. The van der Waals surface area contributed by atoms with Gasteiger partial charge < -0.3 is 10.2 Å². The van der Waals surface area contributed by atoms with Crippen molar-refractivity contribution in [2.45, 2.75) is 18.3 Å². The first-order valence-electron chi connectivity index (χ1n) is 13.1. The highest BCUT2D eigenvalue weighted by Crippen LogP contribution is 2.53. The van der Waals surface area contributed by atoms with Crippen LogP contribution in [0, 0.1) is 11.8 Å². The zero-order chi connectivity index (χ0) is 28.5. The van der Waals surface area contributed by atoms with Crippen LogP contribution in [0.2, 0.25) is 0 Å². The fourth-order valence-corrected chi connectivity index (χ4v) is 6.42. The maximum Gasteiger partial charge on any atom is 0.416 e. The molecule has 204 valence electrons. The minimum Gasteiger partial charge on any atom is -0.357 e. The molecular weight excluding hydrogens is 531 g/mol. The van der Waals surface area contributed by atoms with Gasteiger partial charge in [-0.3, -0.25) is 14.4 Å². The van der Waals surface area contributed by atoms with Crippen LogP contribution in [-0.4, -0.2) is 28.7 Å². The summed E-state index contributed by atoms with van der Waals surface area (Å²) in [6.07, 6.45) is -1.08. The molecule has 3 heterocycles. The fraction of sp³-hybridized carbons (Fsp3) is 0.156. The summed E-state index contributed by atoms with van der Waals surface area (Å²) in [5.74, 6) is -3.49. The van der Waals surface area contributed by atoms with Gasteiger partial charge in [0.1, 0.15) is 6.04 Å². The average Bonchev–Trinajstić information content (AvgIpc) is 3.44. The van der Waals surface area contributed by atoms with Crippen LogP contribution in [0.15, 0.2) is 97.2 Å². The average molecular weight is 554 g/mol. The van der Waals surface area contributed by atoms with Gasteiger partial charge in [-0.2, -0.15) is 13.2 Å². The summed E-state index contributed by atoms with van der Waals surface area (Å²) in [6.45, 7) is 0. The van der Waals surface area contributed by atoms with E-state index in [-0.39, 0.29) is 5.69 Å². The van der Waals surface area contributed by atoms with Crippen LogP contribution in [0.25, 0.3) is 16.8 Å². The number of anilines is 2. The van der Waals surface area contributed by atoms with Gasteiger partial charge in [0.15, 0.2) is 0 Å². The van der Waals surface area contributed by atoms with E-state index in [4.69, 9.17) is 0 Å². The van der Waals surface area contributed by atoms with Crippen molar-refractivity contribution in [3.63, 3.8) is 0 Å². The SMILES string of the molecule is O=C(Nc1cccc(C(F)(F)F)c1)[C@@H]1[C@@H]2C(=O)N(c3ccc4ccccc4c3)C(=O)[C@@H]2[C@H]2c3ccccc3C=CN12. The van der Waals surface area contributed by atoms with Crippen LogP contribution >= 0.6 is 0 Å². The van der Waals surface area contributed by atoms with Crippen LogP contribution in [0.4, 0.5) is 24.5 Å². The molecule has 0 aliphatic carbocycles. The van der Waals surface area contributed by atoms with E-state index in [9.17, 15) is 27.6 Å².